The highest BCUT2D eigenvalue weighted by Crippen LogP contribution is 2.28. The molecule has 0 spiro atoms. The number of rotatable bonds is 4. The molecule has 0 aliphatic heterocycles. The first kappa shape index (κ1) is 14.0. The largest absolute Gasteiger partial charge is 0.457 e. The maximum absolute atomic E-state index is 13.3. The normalized spacial score (nSPS) is 10.6. The third kappa shape index (κ3) is 3.32. The number of hydrogen-bond acceptors (Lipinski definition) is 3. The van der Waals surface area contributed by atoms with Crippen LogP contribution >= 0.6 is 0 Å². The molecular formula is C15H14FNO3. The van der Waals surface area contributed by atoms with E-state index in [1.165, 1.54) is 6.07 Å². The quantitative estimate of drug-likeness (QED) is 0.602. The highest BCUT2D eigenvalue weighted by atomic mass is 19.1. The molecule has 2 aromatic rings. The van der Waals surface area contributed by atoms with Gasteiger partial charge in [0.1, 0.15) is 17.3 Å². The van der Waals surface area contributed by atoms with E-state index < -0.39 is 10.7 Å². The summed E-state index contributed by atoms with van der Waals surface area (Å²) in [6.07, 6.45) is 0. The zero-order valence-electron chi connectivity index (χ0n) is 11.2. The van der Waals surface area contributed by atoms with Crippen LogP contribution in [-0.4, -0.2) is 4.92 Å². The Morgan fingerprint density at radius 3 is 2.55 bits per heavy atom. The molecule has 2 rings (SSSR count). The molecule has 20 heavy (non-hydrogen) atoms. The minimum atomic E-state index is -0.700. The maximum Gasteiger partial charge on any atom is 0.276 e. The fourth-order valence-corrected chi connectivity index (χ4v) is 1.79. The van der Waals surface area contributed by atoms with Crippen LogP contribution in [0.25, 0.3) is 0 Å². The SMILES string of the molecule is CC(C)c1cccc(Oc2cc(F)cc([N+](=O)[O-])c2)c1. The van der Waals surface area contributed by atoms with Gasteiger partial charge in [0.2, 0.25) is 0 Å². The van der Waals surface area contributed by atoms with Crippen molar-refractivity contribution in [1.82, 2.24) is 0 Å². The van der Waals surface area contributed by atoms with E-state index in [0.29, 0.717) is 11.7 Å². The molecule has 0 radical (unpaired) electrons. The van der Waals surface area contributed by atoms with Gasteiger partial charge in [-0.05, 0) is 23.6 Å². The van der Waals surface area contributed by atoms with Crippen molar-refractivity contribution in [2.75, 3.05) is 0 Å². The molecule has 104 valence electrons. The Hall–Kier alpha value is -2.43. The van der Waals surface area contributed by atoms with Crippen LogP contribution in [0.2, 0.25) is 0 Å². The Kier molecular flexibility index (Phi) is 3.98. The van der Waals surface area contributed by atoms with Crippen LogP contribution < -0.4 is 4.74 Å². The van der Waals surface area contributed by atoms with Crippen LogP contribution in [0.3, 0.4) is 0 Å². The van der Waals surface area contributed by atoms with Crippen molar-refractivity contribution in [2.24, 2.45) is 0 Å². The molecule has 0 unspecified atom stereocenters. The molecule has 4 nitrogen and oxygen atoms in total. The van der Waals surface area contributed by atoms with Crippen molar-refractivity contribution in [3.05, 3.63) is 64.0 Å². The van der Waals surface area contributed by atoms with Crippen molar-refractivity contribution in [3.63, 3.8) is 0 Å². The minimum absolute atomic E-state index is 0.109. The van der Waals surface area contributed by atoms with Gasteiger partial charge in [0.05, 0.1) is 17.1 Å². The molecular weight excluding hydrogens is 261 g/mol. The van der Waals surface area contributed by atoms with Crippen LogP contribution in [-0.2, 0) is 0 Å². The molecule has 0 saturated heterocycles. The number of nitro benzene ring substituents is 1. The lowest BCUT2D eigenvalue weighted by Gasteiger charge is -2.09. The second-order valence-corrected chi connectivity index (χ2v) is 4.73. The first-order valence-corrected chi connectivity index (χ1v) is 6.18. The van der Waals surface area contributed by atoms with Crippen LogP contribution in [0.15, 0.2) is 42.5 Å². The van der Waals surface area contributed by atoms with E-state index in [2.05, 4.69) is 0 Å². The second kappa shape index (κ2) is 5.69. The molecule has 0 aliphatic carbocycles. The number of nitro groups is 1. The number of ether oxygens (including phenoxy) is 1. The van der Waals surface area contributed by atoms with E-state index in [9.17, 15) is 14.5 Å². The summed E-state index contributed by atoms with van der Waals surface area (Å²) in [6, 6.07) is 10.5. The van der Waals surface area contributed by atoms with Gasteiger partial charge in [0.15, 0.2) is 0 Å². The molecule has 2 aromatic carbocycles. The van der Waals surface area contributed by atoms with Gasteiger partial charge in [-0.15, -0.1) is 0 Å². The van der Waals surface area contributed by atoms with Crippen molar-refractivity contribution in [2.45, 2.75) is 19.8 Å². The zero-order chi connectivity index (χ0) is 14.7. The van der Waals surface area contributed by atoms with Crippen LogP contribution in [0.5, 0.6) is 11.5 Å². The van der Waals surface area contributed by atoms with Gasteiger partial charge in [0, 0.05) is 6.07 Å². The second-order valence-electron chi connectivity index (χ2n) is 4.73. The molecule has 0 aliphatic rings. The summed E-state index contributed by atoms with van der Waals surface area (Å²) in [7, 11) is 0. The number of non-ortho nitro benzene ring substituents is 1. The predicted octanol–water partition coefficient (Wildman–Crippen LogP) is 4.65. The standard InChI is InChI=1S/C15H14FNO3/c1-10(2)11-4-3-5-14(6-11)20-15-8-12(16)7-13(9-15)17(18)19/h3-10H,1-2H3. The molecule has 0 N–H and O–H groups in total. The van der Waals surface area contributed by atoms with Gasteiger partial charge >= 0.3 is 0 Å². The van der Waals surface area contributed by atoms with Crippen LogP contribution in [0, 0.1) is 15.9 Å². The van der Waals surface area contributed by atoms with E-state index in [1.54, 1.807) is 6.07 Å². The first-order valence-electron chi connectivity index (χ1n) is 6.18. The van der Waals surface area contributed by atoms with Gasteiger partial charge in [-0.3, -0.25) is 10.1 Å². The van der Waals surface area contributed by atoms with E-state index >= 15 is 0 Å². The summed E-state index contributed by atoms with van der Waals surface area (Å²) < 4.78 is 18.8. The lowest BCUT2D eigenvalue weighted by Crippen LogP contribution is -1.93. The summed E-state index contributed by atoms with van der Waals surface area (Å²) in [6.45, 7) is 4.10. The predicted molar refractivity (Wildman–Crippen MR) is 73.7 cm³/mol. The Morgan fingerprint density at radius 2 is 1.90 bits per heavy atom. The number of nitrogens with zero attached hydrogens (tertiary/aromatic N) is 1. The molecule has 0 heterocycles. The summed E-state index contributed by atoms with van der Waals surface area (Å²) >= 11 is 0. The van der Waals surface area contributed by atoms with Gasteiger partial charge < -0.3 is 4.74 Å². The lowest BCUT2D eigenvalue weighted by molar-refractivity contribution is -0.385. The lowest BCUT2D eigenvalue weighted by atomic mass is 10.0. The third-order valence-corrected chi connectivity index (χ3v) is 2.83. The van der Waals surface area contributed by atoms with Crippen LogP contribution in [0.1, 0.15) is 25.3 Å². The Balaban J connectivity index is 2.30. The molecule has 0 aromatic heterocycles. The van der Waals surface area contributed by atoms with E-state index in [0.717, 1.165) is 17.7 Å². The van der Waals surface area contributed by atoms with Gasteiger partial charge in [-0.25, -0.2) is 4.39 Å². The van der Waals surface area contributed by atoms with E-state index in [4.69, 9.17) is 4.74 Å². The molecule has 5 heteroatoms. The Bertz CT molecular complexity index is 641. The average Bonchev–Trinajstić information content (AvgIpc) is 2.38. The first-order chi connectivity index (χ1) is 9.45. The highest BCUT2D eigenvalue weighted by Gasteiger charge is 2.11. The Morgan fingerprint density at radius 1 is 1.15 bits per heavy atom. The fraction of sp³-hybridized carbons (Fsp3) is 0.200. The zero-order valence-corrected chi connectivity index (χ0v) is 11.2. The van der Waals surface area contributed by atoms with Crippen molar-refractivity contribution < 1.29 is 14.1 Å². The summed E-state index contributed by atoms with van der Waals surface area (Å²) in [4.78, 5) is 10.0. The molecule has 0 amide bonds. The van der Waals surface area contributed by atoms with Gasteiger partial charge in [-0.1, -0.05) is 26.0 Å². The summed E-state index contributed by atoms with van der Waals surface area (Å²) in [5, 5.41) is 10.7. The number of hydrogen-bond donors (Lipinski definition) is 0. The summed E-state index contributed by atoms with van der Waals surface area (Å²) in [5.41, 5.74) is 0.744. The molecule has 0 saturated carbocycles. The minimum Gasteiger partial charge on any atom is -0.457 e. The fourth-order valence-electron chi connectivity index (χ4n) is 1.79. The van der Waals surface area contributed by atoms with Gasteiger partial charge in [-0.2, -0.15) is 0 Å². The van der Waals surface area contributed by atoms with E-state index in [-0.39, 0.29) is 11.4 Å². The third-order valence-electron chi connectivity index (χ3n) is 2.83. The Labute approximate surface area is 116 Å². The smallest absolute Gasteiger partial charge is 0.276 e. The summed E-state index contributed by atoms with van der Waals surface area (Å²) in [5.74, 6) is 0.267. The maximum atomic E-state index is 13.3. The highest BCUT2D eigenvalue weighted by molar-refractivity contribution is 5.42. The van der Waals surface area contributed by atoms with Crippen molar-refractivity contribution >= 4 is 5.69 Å². The number of halogens is 1. The van der Waals surface area contributed by atoms with Crippen molar-refractivity contribution in [1.29, 1.82) is 0 Å². The molecule has 0 bridgehead atoms. The monoisotopic (exact) mass is 275 g/mol. The molecule has 0 fully saturated rings. The van der Waals surface area contributed by atoms with E-state index in [1.807, 2.05) is 32.0 Å². The topological polar surface area (TPSA) is 52.4 Å². The van der Waals surface area contributed by atoms with Crippen molar-refractivity contribution in [3.8, 4) is 11.5 Å². The molecule has 0 atom stereocenters. The van der Waals surface area contributed by atoms with Crippen LogP contribution in [0.4, 0.5) is 10.1 Å². The average molecular weight is 275 g/mol. The number of benzene rings is 2. The van der Waals surface area contributed by atoms with Gasteiger partial charge in [0.25, 0.3) is 5.69 Å².